The fraction of sp³-hybridized carbons (Fsp3) is 0.200. The predicted octanol–water partition coefficient (Wildman–Crippen LogP) is 6.05. The fourth-order valence-corrected chi connectivity index (χ4v) is 2.97. The molecule has 1 atom stereocenters. The van der Waals surface area contributed by atoms with Gasteiger partial charge in [-0.3, -0.25) is 0 Å². The van der Waals surface area contributed by atoms with Crippen LogP contribution in [0.25, 0.3) is 0 Å². The van der Waals surface area contributed by atoms with Crippen LogP contribution in [0.5, 0.6) is 5.75 Å². The minimum atomic E-state index is 0.145. The van der Waals surface area contributed by atoms with Gasteiger partial charge in [0.15, 0.2) is 0 Å². The van der Waals surface area contributed by atoms with Crippen LogP contribution >= 0.6 is 43.5 Å². The molecule has 0 aromatic heterocycles. The molecule has 0 aliphatic heterocycles. The summed E-state index contributed by atoms with van der Waals surface area (Å²) in [7, 11) is 1.66. The number of hydrogen-bond acceptors (Lipinski definition) is 2. The monoisotopic (exact) mass is 417 g/mol. The van der Waals surface area contributed by atoms with Crippen LogP contribution in [-0.4, -0.2) is 7.11 Å². The van der Waals surface area contributed by atoms with Crippen molar-refractivity contribution >= 4 is 49.1 Å². The van der Waals surface area contributed by atoms with Crippen molar-refractivity contribution < 1.29 is 4.74 Å². The Labute approximate surface area is 140 Å². The average molecular weight is 420 g/mol. The number of benzene rings is 2. The zero-order chi connectivity index (χ0) is 14.7. The summed E-state index contributed by atoms with van der Waals surface area (Å²) in [5, 5.41) is 4.15. The molecular formula is C15H14Br2ClNO. The third-order valence-corrected chi connectivity index (χ3v) is 4.52. The molecule has 20 heavy (non-hydrogen) atoms. The van der Waals surface area contributed by atoms with Crippen molar-refractivity contribution in [3.8, 4) is 5.75 Å². The van der Waals surface area contributed by atoms with Gasteiger partial charge in [-0.15, -0.1) is 0 Å². The van der Waals surface area contributed by atoms with Crippen LogP contribution in [0.4, 0.5) is 5.69 Å². The highest BCUT2D eigenvalue weighted by Crippen LogP contribution is 2.32. The Kier molecular flexibility index (Phi) is 5.35. The Morgan fingerprint density at radius 2 is 1.85 bits per heavy atom. The average Bonchev–Trinajstić information content (AvgIpc) is 2.42. The molecule has 0 saturated heterocycles. The van der Waals surface area contributed by atoms with Gasteiger partial charge in [-0.05, 0) is 74.7 Å². The van der Waals surface area contributed by atoms with Crippen molar-refractivity contribution in [2.45, 2.75) is 13.0 Å². The third-order valence-electron chi connectivity index (χ3n) is 2.98. The lowest BCUT2D eigenvalue weighted by atomic mass is 10.1. The van der Waals surface area contributed by atoms with Crippen LogP contribution in [0.15, 0.2) is 45.3 Å². The fourth-order valence-electron chi connectivity index (χ4n) is 1.88. The van der Waals surface area contributed by atoms with Gasteiger partial charge in [0.1, 0.15) is 5.75 Å². The summed E-state index contributed by atoms with van der Waals surface area (Å²) in [5.74, 6) is 0.824. The van der Waals surface area contributed by atoms with Crippen LogP contribution in [0, 0.1) is 0 Å². The van der Waals surface area contributed by atoms with E-state index in [2.05, 4.69) is 50.2 Å². The van der Waals surface area contributed by atoms with E-state index in [0.717, 1.165) is 25.9 Å². The van der Waals surface area contributed by atoms with Crippen molar-refractivity contribution in [1.29, 1.82) is 0 Å². The molecule has 2 rings (SSSR count). The summed E-state index contributed by atoms with van der Waals surface area (Å²) >= 11 is 13.0. The smallest absolute Gasteiger partial charge is 0.133 e. The second-order valence-corrected chi connectivity index (χ2v) is 6.53. The van der Waals surface area contributed by atoms with Gasteiger partial charge in [0, 0.05) is 15.5 Å². The van der Waals surface area contributed by atoms with E-state index in [1.165, 1.54) is 0 Å². The molecule has 1 unspecified atom stereocenters. The highest BCUT2D eigenvalue weighted by atomic mass is 79.9. The summed E-state index contributed by atoms with van der Waals surface area (Å²) in [6, 6.07) is 11.9. The minimum absolute atomic E-state index is 0.145. The Hall–Kier alpha value is -0.710. The highest BCUT2D eigenvalue weighted by Gasteiger charge is 2.10. The molecular weight excluding hydrogens is 405 g/mol. The van der Waals surface area contributed by atoms with E-state index in [9.17, 15) is 0 Å². The quantitative estimate of drug-likeness (QED) is 0.652. The summed E-state index contributed by atoms with van der Waals surface area (Å²) in [4.78, 5) is 0. The maximum absolute atomic E-state index is 6.03. The normalized spacial score (nSPS) is 12.1. The van der Waals surface area contributed by atoms with Gasteiger partial charge >= 0.3 is 0 Å². The van der Waals surface area contributed by atoms with Crippen LogP contribution < -0.4 is 10.1 Å². The Morgan fingerprint density at radius 3 is 2.50 bits per heavy atom. The van der Waals surface area contributed by atoms with E-state index in [1.54, 1.807) is 7.11 Å². The number of hydrogen-bond donors (Lipinski definition) is 1. The molecule has 0 fully saturated rings. The maximum atomic E-state index is 6.03. The van der Waals surface area contributed by atoms with Gasteiger partial charge in [0.2, 0.25) is 0 Å². The lowest BCUT2D eigenvalue weighted by molar-refractivity contribution is 0.412. The zero-order valence-corrected chi connectivity index (χ0v) is 15.0. The number of ether oxygens (including phenoxy) is 1. The van der Waals surface area contributed by atoms with Crippen molar-refractivity contribution in [2.24, 2.45) is 0 Å². The molecule has 2 nitrogen and oxygen atoms in total. The second-order valence-electron chi connectivity index (χ2n) is 4.38. The molecule has 0 radical (unpaired) electrons. The topological polar surface area (TPSA) is 21.3 Å². The molecule has 0 bridgehead atoms. The lowest BCUT2D eigenvalue weighted by Gasteiger charge is -2.18. The minimum Gasteiger partial charge on any atom is -0.496 e. The van der Waals surface area contributed by atoms with Crippen LogP contribution in [0.3, 0.4) is 0 Å². The van der Waals surface area contributed by atoms with E-state index < -0.39 is 0 Å². The molecule has 2 aromatic carbocycles. The first kappa shape index (κ1) is 15.7. The standard InChI is InChI=1S/C15H14Br2ClNO/c1-9(10-3-6-15(20-2)13(17)7-10)19-14-8-11(18)4-5-12(14)16/h3-9,19H,1-2H3. The van der Waals surface area contributed by atoms with Gasteiger partial charge in [0.05, 0.1) is 17.3 Å². The lowest BCUT2D eigenvalue weighted by Crippen LogP contribution is -2.07. The van der Waals surface area contributed by atoms with E-state index in [0.29, 0.717) is 5.02 Å². The summed E-state index contributed by atoms with van der Waals surface area (Å²) < 4.78 is 7.17. The third kappa shape index (κ3) is 3.68. The Balaban J connectivity index is 2.21. The van der Waals surface area contributed by atoms with Crippen molar-refractivity contribution in [1.82, 2.24) is 0 Å². The second kappa shape index (κ2) is 6.83. The Bertz CT molecular complexity index is 619. The number of rotatable bonds is 4. The molecule has 2 aromatic rings. The van der Waals surface area contributed by atoms with Crippen LogP contribution in [0.1, 0.15) is 18.5 Å². The molecule has 0 amide bonds. The van der Waals surface area contributed by atoms with Crippen molar-refractivity contribution in [2.75, 3.05) is 12.4 Å². The molecule has 0 aliphatic rings. The number of nitrogens with one attached hydrogen (secondary N) is 1. The maximum Gasteiger partial charge on any atom is 0.133 e. The number of anilines is 1. The summed E-state index contributed by atoms with van der Waals surface area (Å²) in [6.45, 7) is 2.10. The zero-order valence-electron chi connectivity index (χ0n) is 11.1. The highest BCUT2D eigenvalue weighted by molar-refractivity contribution is 9.11. The summed E-state index contributed by atoms with van der Waals surface area (Å²) in [6.07, 6.45) is 0. The molecule has 0 heterocycles. The van der Waals surface area contributed by atoms with Gasteiger partial charge in [-0.1, -0.05) is 17.7 Å². The Morgan fingerprint density at radius 1 is 1.10 bits per heavy atom. The first-order valence-corrected chi connectivity index (χ1v) is 8.02. The molecule has 0 aliphatic carbocycles. The predicted molar refractivity (Wildman–Crippen MR) is 91.9 cm³/mol. The first-order valence-electron chi connectivity index (χ1n) is 6.06. The molecule has 0 saturated carbocycles. The van der Waals surface area contributed by atoms with E-state index >= 15 is 0 Å². The van der Waals surface area contributed by atoms with E-state index in [-0.39, 0.29) is 6.04 Å². The molecule has 5 heteroatoms. The van der Waals surface area contributed by atoms with Gasteiger partial charge in [-0.25, -0.2) is 0 Å². The van der Waals surface area contributed by atoms with Crippen LogP contribution in [-0.2, 0) is 0 Å². The van der Waals surface area contributed by atoms with Crippen LogP contribution in [0.2, 0.25) is 5.02 Å². The summed E-state index contributed by atoms with van der Waals surface area (Å²) in [5.41, 5.74) is 2.13. The number of methoxy groups -OCH3 is 1. The van der Waals surface area contributed by atoms with Crippen molar-refractivity contribution in [3.05, 3.63) is 55.9 Å². The molecule has 0 spiro atoms. The van der Waals surface area contributed by atoms with E-state index in [1.807, 2.05) is 30.3 Å². The van der Waals surface area contributed by atoms with Gasteiger partial charge < -0.3 is 10.1 Å². The van der Waals surface area contributed by atoms with Crippen molar-refractivity contribution in [3.63, 3.8) is 0 Å². The van der Waals surface area contributed by atoms with Gasteiger partial charge in [-0.2, -0.15) is 0 Å². The first-order chi connectivity index (χ1) is 9.51. The molecule has 106 valence electrons. The number of halogens is 3. The molecule has 1 N–H and O–H groups in total. The van der Waals surface area contributed by atoms with E-state index in [4.69, 9.17) is 16.3 Å². The SMILES string of the molecule is COc1ccc(C(C)Nc2cc(Cl)ccc2Br)cc1Br. The van der Waals surface area contributed by atoms with Gasteiger partial charge in [0.25, 0.3) is 0 Å². The largest absolute Gasteiger partial charge is 0.496 e.